The second-order valence-electron chi connectivity index (χ2n) is 5.44. The average Bonchev–Trinajstić information content (AvgIpc) is 2.48. The minimum absolute atomic E-state index is 0.0211. The van der Waals surface area contributed by atoms with E-state index in [0.29, 0.717) is 0 Å². The smallest absolute Gasteiger partial charge is 0.251 e. The highest BCUT2D eigenvalue weighted by molar-refractivity contribution is 5.94. The number of anilines is 1. The number of amides is 1. The second kappa shape index (κ2) is 7.29. The van der Waals surface area contributed by atoms with Crippen LogP contribution in [0.2, 0.25) is 0 Å². The third-order valence-corrected chi connectivity index (χ3v) is 3.92. The molecule has 1 fully saturated rings. The molecular formula is C16H25N3O. The molecule has 0 aliphatic carbocycles. The molecule has 2 rings (SSSR count). The normalized spacial score (nSPS) is 15.9. The Morgan fingerprint density at radius 1 is 1.25 bits per heavy atom. The zero-order valence-corrected chi connectivity index (χ0v) is 12.5. The maximum absolute atomic E-state index is 12.1. The van der Waals surface area contributed by atoms with E-state index in [1.807, 2.05) is 32.2 Å². The van der Waals surface area contributed by atoms with Crippen molar-refractivity contribution in [2.24, 2.45) is 0 Å². The Labute approximate surface area is 121 Å². The van der Waals surface area contributed by atoms with Crippen LogP contribution in [0.25, 0.3) is 0 Å². The van der Waals surface area contributed by atoms with Gasteiger partial charge in [0.1, 0.15) is 0 Å². The molecule has 20 heavy (non-hydrogen) atoms. The van der Waals surface area contributed by atoms with Crippen LogP contribution < -0.4 is 10.6 Å². The first-order valence-corrected chi connectivity index (χ1v) is 7.49. The number of likely N-dealkylation sites (tertiary alicyclic amines) is 1. The van der Waals surface area contributed by atoms with Crippen LogP contribution in [0.3, 0.4) is 0 Å². The van der Waals surface area contributed by atoms with Crippen molar-refractivity contribution < 1.29 is 4.79 Å². The van der Waals surface area contributed by atoms with Gasteiger partial charge in [0.2, 0.25) is 0 Å². The van der Waals surface area contributed by atoms with Crippen LogP contribution in [0.1, 0.15) is 35.2 Å². The number of hydrogen-bond donors (Lipinski definition) is 2. The van der Waals surface area contributed by atoms with Gasteiger partial charge in [-0.05, 0) is 56.6 Å². The van der Waals surface area contributed by atoms with Crippen molar-refractivity contribution in [3.05, 3.63) is 29.3 Å². The van der Waals surface area contributed by atoms with Crippen molar-refractivity contribution >= 4 is 11.6 Å². The summed E-state index contributed by atoms with van der Waals surface area (Å²) in [5.41, 5.74) is 2.89. The first-order chi connectivity index (χ1) is 9.70. The fraction of sp³-hybridized carbons (Fsp3) is 0.562. The summed E-state index contributed by atoms with van der Waals surface area (Å²) in [7, 11) is 1.89. The summed E-state index contributed by atoms with van der Waals surface area (Å²) in [6.45, 7) is 6.04. The maximum atomic E-state index is 12.1. The molecular weight excluding hydrogens is 250 g/mol. The molecule has 1 amide bonds. The number of benzene rings is 1. The van der Waals surface area contributed by atoms with Gasteiger partial charge >= 0.3 is 0 Å². The number of hydrogen-bond acceptors (Lipinski definition) is 3. The van der Waals surface area contributed by atoms with Crippen molar-refractivity contribution in [1.29, 1.82) is 0 Å². The van der Waals surface area contributed by atoms with Crippen LogP contribution in [-0.2, 0) is 0 Å². The van der Waals surface area contributed by atoms with Crippen LogP contribution >= 0.6 is 0 Å². The van der Waals surface area contributed by atoms with E-state index in [2.05, 4.69) is 15.5 Å². The largest absolute Gasteiger partial charge is 0.388 e. The molecule has 0 atom stereocenters. The van der Waals surface area contributed by atoms with Crippen LogP contribution in [0.15, 0.2) is 18.2 Å². The van der Waals surface area contributed by atoms with E-state index in [1.54, 1.807) is 0 Å². The lowest BCUT2D eigenvalue weighted by atomic mass is 10.1. The van der Waals surface area contributed by atoms with Crippen molar-refractivity contribution in [2.75, 3.05) is 38.5 Å². The van der Waals surface area contributed by atoms with Gasteiger partial charge in [-0.1, -0.05) is 6.42 Å². The van der Waals surface area contributed by atoms with E-state index >= 15 is 0 Å². The van der Waals surface area contributed by atoms with Gasteiger partial charge in [0.15, 0.2) is 0 Å². The fourth-order valence-corrected chi connectivity index (χ4v) is 2.70. The molecule has 1 aromatic carbocycles. The quantitative estimate of drug-likeness (QED) is 0.866. The lowest BCUT2D eigenvalue weighted by molar-refractivity contribution is 0.0946. The second-order valence-corrected chi connectivity index (χ2v) is 5.44. The van der Waals surface area contributed by atoms with E-state index < -0.39 is 0 Å². The molecule has 4 heteroatoms. The van der Waals surface area contributed by atoms with E-state index in [-0.39, 0.29) is 5.91 Å². The van der Waals surface area contributed by atoms with E-state index in [0.717, 1.165) is 29.9 Å². The lowest BCUT2D eigenvalue weighted by Gasteiger charge is -2.26. The highest BCUT2D eigenvalue weighted by atomic mass is 16.1. The minimum atomic E-state index is 0.0211. The summed E-state index contributed by atoms with van der Waals surface area (Å²) in [5, 5.41) is 6.12. The third-order valence-electron chi connectivity index (χ3n) is 3.92. The molecule has 2 N–H and O–H groups in total. The molecule has 0 bridgehead atoms. The van der Waals surface area contributed by atoms with Crippen molar-refractivity contribution in [2.45, 2.75) is 26.2 Å². The Bertz CT molecular complexity index is 453. The number of rotatable bonds is 5. The van der Waals surface area contributed by atoms with Gasteiger partial charge in [0.05, 0.1) is 0 Å². The zero-order chi connectivity index (χ0) is 14.4. The standard InChI is InChI=1S/C16H25N3O/c1-13-12-14(6-7-15(13)17-2)16(20)18-8-11-19-9-4-3-5-10-19/h6-7,12,17H,3-5,8-11H2,1-2H3,(H,18,20). The van der Waals surface area contributed by atoms with Crippen molar-refractivity contribution in [3.63, 3.8) is 0 Å². The first kappa shape index (κ1) is 14.9. The minimum Gasteiger partial charge on any atom is -0.388 e. The molecule has 1 aliphatic rings. The van der Waals surface area contributed by atoms with Crippen LogP contribution in [-0.4, -0.2) is 44.0 Å². The summed E-state index contributed by atoms with van der Waals surface area (Å²) < 4.78 is 0. The van der Waals surface area contributed by atoms with Gasteiger partial charge < -0.3 is 15.5 Å². The first-order valence-electron chi connectivity index (χ1n) is 7.49. The Morgan fingerprint density at radius 3 is 2.65 bits per heavy atom. The summed E-state index contributed by atoms with van der Waals surface area (Å²) in [4.78, 5) is 14.5. The third kappa shape index (κ3) is 3.97. The summed E-state index contributed by atoms with van der Waals surface area (Å²) in [6.07, 6.45) is 3.93. The number of carbonyl (C=O) groups excluding carboxylic acids is 1. The molecule has 110 valence electrons. The van der Waals surface area contributed by atoms with E-state index in [4.69, 9.17) is 0 Å². The monoisotopic (exact) mass is 275 g/mol. The van der Waals surface area contributed by atoms with Gasteiger partial charge in [0.25, 0.3) is 5.91 Å². The summed E-state index contributed by atoms with van der Waals surface area (Å²) in [6, 6.07) is 5.76. The van der Waals surface area contributed by atoms with E-state index in [1.165, 1.54) is 32.4 Å². The van der Waals surface area contributed by atoms with Crippen LogP contribution in [0, 0.1) is 6.92 Å². The van der Waals surface area contributed by atoms with E-state index in [9.17, 15) is 4.79 Å². The Balaban J connectivity index is 1.80. The lowest BCUT2D eigenvalue weighted by Crippen LogP contribution is -2.37. The highest BCUT2D eigenvalue weighted by Crippen LogP contribution is 2.15. The van der Waals surface area contributed by atoms with Gasteiger partial charge in [-0.2, -0.15) is 0 Å². The molecule has 4 nitrogen and oxygen atoms in total. The molecule has 0 saturated carbocycles. The number of aryl methyl sites for hydroxylation is 1. The zero-order valence-electron chi connectivity index (χ0n) is 12.5. The molecule has 1 aromatic rings. The number of nitrogens with one attached hydrogen (secondary N) is 2. The molecule has 0 unspecified atom stereocenters. The Hall–Kier alpha value is -1.55. The molecule has 0 aromatic heterocycles. The SMILES string of the molecule is CNc1ccc(C(=O)NCCN2CCCCC2)cc1C. The number of nitrogens with zero attached hydrogens (tertiary/aromatic N) is 1. The molecule has 0 radical (unpaired) electrons. The average molecular weight is 275 g/mol. The molecule has 1 heterocycles. The van der Waals surface area contributed by atoms with Gasteiger partial charge in [-0.15, -0.1) is 0 Å². The summed E-state index contributed by atoms with van der Waals surface area (Å²) in [5.74, 6) is 0.0211. The van der Waals surface area contributed by atoms with Gasteiger partial charge in [-0.25, -0.2) is 0 Å². The fourth-order valence-electron chi connectivity index (χ4n) is 2.70. The van der Waals surface area contributed by atoms with Crippen LogP contribution in [0.5, 0.6) is 0 Å². The predicted octanol–water partition coefficient (Wildman–Crippen LogP) is 2.25. The maximum Gasteiger partial charge on any atom is 0.251 e. The van der Waals surface area contributed by atoms with Gasteiger partial charge in [-0.3, -0.25) is 4.79 Å². The molecule has 1 aliphatic heterocycles. The van der Waals surface area contributed by atoms with Crippen LogP contribution in [0.4, 0.5) is 5.69 Å². The van der Waals surface area contributed by atoms with Gasteiger partial charge in [0, 0.05) is 31.4 Å². The highest BCUT2D eigenvalue weighted by Gasteiger charge is 2.11. The Kier molecular flexibility index (Phi) is 5.41. The van der Waals surface area contributed by atoms with Crippen molar-refractivity contribution in [1.82, 2.24) is 10.2 Å². The molecule has 0 spiro atoms. The summed E-state index contributed by atoms with van der Waals surface area (Å²) >= 11 is 0. The number of carbonyl (C=O) groups is 1. The number of piperidine rings is 1. The van der Waals surface area contributed by atoms with Crippen molar-refractivity contribution in [3.8, 4) is 0 Å². The predicted molar refractivity (Wildman–Crippen MR) is 83.3 cm³/mol. The Morgan fingerprint density at radius 2 is 2.00 bits per heavy atom. The molecule has 1 saturated heterocycles. The topological polar surface area (TPSA) is 44.4 Å².